The fourth-order valence-corrected chi connectivity index (χ4v) is 3.07. The molecule has 0 radical (unpaired) electrons. The van der Waals surface area contributed by atoms with E-state index in [0.29, 0.717) is 10.6 Å². The summed E-state index contributed by atoms with van der Waals surface area (Å²) in [6, 6.07) is 17.3. The van der Waals surface area contributed by atoms with E-state index >= 15 is 0 Å². The predicted octanol–water partition coefficient (Wildman–Crippen LogP) is 2.53. The van der Waals surface area contributed by atoms with Crippen LogP contribution in [-0.2, 0) is 20.3 Å². The van der Waals surface area contributed by atoms with Crippen molar-refractivity contribution >= 4 is 28.4 Å². The van der Waals surface area contributed by atoms with E-state index in [1.165, 1.54) is 17.2 Å². The first-order valence-corrected chi connectivity index (χ1v) is 9.42. The zero-order valence-corrected chi connectivity index (χ0v) is 15.1. The molecule has 0 spiro atoms. The Balaban J connectivity index is 2.09. The molecule has 1 amide bonds. The van der Waals surface area contributed by atoms with Crippen molar-refractivity contribution in [3.63, 3.8) is 0 Å². The number of para-hydroxylation sites is 1. The average molecular weight is 370 g/mol. The van der Waals surface area contributed by atoms with Crippen LogP contribution in [0, 0.1) is 11.3 Å². The molecule has 2 aromatic rings. The second-order valence-corrected chi connectivity index (χ2v) is 6.66. The monoisotopic (exact) mass is 370 g/mol. The Hall–Kier alpha value is -2.98. The van der Waals surface area contributed by atoms with E-state index in [1.54, 1.807) is 42.5 Å². The Labute approximate surface area is 154 Å². The molecule has 0 saturated heterocycles. The van der Waals surface area contributed by atoms with Gasteiger partial charge < -0.3 is 9.64 Å². The van der Waals surface area contributed by atoms with Gasteiger partial charge in [-0.2, -0.15) is 5.26 Å². The smallest absolute Gasteiger partial charge is 0.339 e. The van der Waals surface area contributed by atoms with Crippen LogP contribution in [0.2, 0.25) is 0 Å². The molecule has 0 saturated carbocycles. The number of nitrogens with zero attached hydrogens (tertiary/aromatic N) is 2. The molecule has 0 aliphatic carbocycles. The van der Waals surface area contributed by atoms with Crippen LogP contribution < -0.4 is 4.90 Å². The minimum atomic E-state index is -1.35. The quantitative estimate of drug-likeness (QED) is 0.699. The van der Waals surface area contributed by atoms with Gasteiger partial charge in [-0.05, 0) is 24.3 Å². The molecule has 0 bridgehead atoms. The largest absolute Gasteiger partial charge is 0.452 e. The Morgan fingerprint density at radius 3 is 2.42 bits per heavy atom. The van der Waals surface area contributed by atoms with Gasteiger partial charge >= 0.3 is 5.97 Å². The van der Waals surface area contributed by atoms with Crippen LogP contribution in [0.25, 0.3) is 0 Å². The van der Waals surface area contributed by atoms with Crippen LogP contribution >= 0.6 is 0 Å². The molecule has 2 rings (SSSR count). The van der Waals surface area contributed by atoms with Crippen molar-refractivity contribution in [3.05, 3.63) is 60.2 Å². The first-order chi connectivity index (χ1) is 12.5. The van der Waals surface area contributed by atoms with Gasteiger partial charge in [0.2, 0.25) is 0 Å². The number of carbonyl (C=O) groups is 2. The average Bonchev–Trinajstić information content (AvgIpc) is 2.67. The van der Waals surface area contributed by atoms with Crippen LogP contribution in [0.3, 0.4) is 0 Å². The SMILES string of the molecule is C[S@@](=O)c1ccccc1C(=O)OCC(=O)N(CCC#N)c1ccccc1. The van der Waals surface area contributed by atoms with Gasteiger partial charge in [-0.3, -0.25) is 9.00 Å². The second kappa shape index (κ2) is 9.49. The van der Waals surface area contributed by atoms with Crippen molar-refractivity contribution in [2.75, 3.05) is 24.3 Å². The number of nitriles is 1. The highest BCUT2D eigenvalue weighted by molar-refractivity contribution is 7.84. The Bertz CT molecular complexity index is 846. The van der Waals surface area contributed by atoms with Gasteiger partial charge in [0.25, 0.3) is 5.91 Å². The van der Waals surface area contributed by atoms with Gasteiger partial charge in [-0.15, -0.1) is 0 Å². The number of hydrogen-bond acceptors (Lipinski definition) is 5. The lowest BCUT2D eigenvalue weighted by Crippen LogP contribution is -2.35. The third-order valence-corrected chi connectivity index (χ3v) is 4.53. The van der Waals surface area contributed by atoms with E-state index in [9.17, 15) is 13.8 Å². The fraction of sp³-hybridized carbons (Fsp3) is 0.211. The number of ether oxygens (including phenoxy) is 1. The maximum absolute atomic E-state index is 12.5. The van der Waals surface area contributed by atoms with Gasteiger partial charge in [-0.1, -0.05) is 30.3 Å². The maximum Gasteiger partial charge on any atom is 0.339 e. The summed E-state index contributed by atoms with van der Waals surface area (Å²) in [7, 11) is -1.35. The minimum Gasteiger partial charge on any atom is -0.452 e. The number of anilines is 1. The van der Waals surface area contributed by atoms with Crippen LogP contribution in [0.15, 0.2) is 59.5 Å². The summed E-state index contributed by atoms with van der Waals surface area (Å²) in [6.07, 6.45) is 1.63. The van der Waals surface area contributed by atoms with Crippen molar-refractivity contribution < 1.29 is 18.5 Å². The number of hydrogen-bond donors (Lipinski definition) is 0. The molecule has 0 aliphatic heterocycles. The zero-order valence-electron chi connectivity index (χ0n) is 14.3. The molecule has 0 N–H and O–H groups in total. The number of carbonyl (C=O) groups excluding carboxylic acids is 2. The third-order valence-electron chi connectivity index (χ3n) is 3.56. The van der Waals surface area contributed by atoms with E-state index in [1.807, 2.05) is 12.1 Å². The zero-order chi connectivity index (χ0) is 18.9. The Morgan fingerprint density at radius 1 is 1.12 bits per heavy atom. The molecule has 1 atom stereocenters. The maximum atomic E-state index is 12.5. The van der Waals surface area contributed by atoms with E-state index in [4.69, 9.17) is 10.00 Å². The molecule has 6 nitrogen and oxygen atoms in total. The first-order valence-electron chi connectivity index (χ1n) is 7.86. The molecule has 2 aromatic carbocycles. The highest BCUT2D eigenvalue weighted by Crippen LogP contribution is 2.16. The Kier molecular flexibility index (Phi) is 7.06. The molecule has 0 fully saturated rings. The normalized spacial score (nSPS) is 11.2. The lowest BCUT2D eigenvalue weighted by molar-refractivity contribution is -0.121. The topological polar surface area (TPSA) is 87.5 Å². The number of esters is 1. The van der Waals surface area contributed by atoms with Crippen molar-refractivity contribution in [1.82, 2.24) is 0 Å². The lowest BCUT2D eigenvalue weighted by Gasteiger charge is -2.21. The van der Waals surface area contributed by atoms with E-state index in [0.717, 1.165) is 0 Å². The molecule has 0 aliphatic rings. The highest BCUT2D eigenvalue weighted by atomic mass is 32.2. The predicted molar refractivity (Wildman–Crippen MR) is 98.1 cm³/mol. The molecular weight excluding hydrogens is 352 g/mol. The summed E-state index contributed by atoms with van der Waals surface area (Å²) < 4.78 is 16.8. The fourth-order valence-electron chi connectivity index (χ4n) is 2.34. The first kappa shape index (κ1) is 19.3. The van der Waals surface area contributed by atoms with Gasteiger partial charge in [0.05, 0.1) is 33.7 Å². The summed E-state index contributed by atoms with van der Waals surface area (Å²) in [6.45, 7) is -0.268. The summed E-state index contributed by atoms with van der Waals surface area (Å²) in [5.41, 5.74) is 0.795. The van der Waals surface area contributed by atoms with Crippen LogP contribution in [0.1, 0.15) is 16.8 Å². The van der Waals surface area contributed by atoms with Crippen LogP contribution in [0.5, 0.6) is 0 Å². The van der Waals surface area contributed by atoms with Crippen molar-refractivity contribution in [3.8, 4) is 6.07 Å². The summed E-state index contributed by atoms with van der Waals surface area (Å²) in [5, 5.41) is 8.79. The number of rotatable bonds is 7. The van der Waals surface area contributed by atoms with E-state index < -0.39 is 29.3 Å². The molecule has 0 heterocycles. The van der Waals surface area contributed by atoms with Gasteiger partial charge in [0.1, 0.15) is 0 Å². The van der Waals surface area contributed by atoms with Crippen molar-refractivity contribution in [1.29, 1.82) is 5.26 Å². The highest BCUT2D eigenvalue weighted by Gasteiger charge is 2.20. The van der Waals surface area contributed by atoms with E-state index in [-0.39, 0.29) is 18.5 Å². The molecule has 0 unspecified atom stereocenters. The molecule has 7 heteroatoms. The van der Waals surface area contributed by atoms with E-state index in [2.05, 4.69) is 0 Å². The molecule has 0 aromatic heterocycles. The Morgan fingerprint density at radius 2 is 1.77 bits per heavy atom. The molecule has 26 heavy (non-hydrogen) atoms. The standard InChI is InChI=1S/C19H18N2O4S/c1-26(24)17-11-6-5-10-16(17)19(23)25-14-18(22)21(13-7-12-20)15-8-3-2-4-9-15/h2-6,8-11H,7,13-14H2,1H3/t26-/m1/s1. The van der Waals surface area contributed by atoms with Crippen LogP contribution in [0.4, 0.5) is 5.69 Å². The van der Waals surface area contributed by atoms with Crippen LogP contribution in [-0.4, -0.2) is 35.5 Å². The van der Waals surface area contributed by atoms with Crippen molar-refractivity contribution in [2.24, 2.45) is 0 Å². The van der Waals surface area contributed by atoms with Crippen molar-refractivity contribution in [2.45, 2.75) is 11.3 Å². The summed E-state index contributed by atoms with van der Waals surface area (Å²) in [5.74, 6) is -1.15. The number of amides is 1. The summed E-state index contributed by atoms with van der Waals surface area (Å²) >= 11 is 0. The number of benzene rings is 2. The third kappa shape index (κ3) is 5.01. The van der Waals surface area contributed by atoms with Gasteiger partial charge in [0.15, 0.2) is 6.61 Å². The second-order valence-electron chi connectivity index (χ2n) is 5.32. The molecular formula is C19H18N2O4S. The van der Waals surface area contributed by atoms with Gasteiger partial charge in [-0.25, -0.2) is 4.79 Å². The lowest BCUT2D eigenvalue weighted by atomic mass is 10.2. The summed E-state index contributed by atoms with van der Waals surface area (Å²) in [4.78, 5) is 26.5. The minimum absolute atomic E-state index is 0.159. The molecule has 134 valence electrons. The van der Waals surface area contributed by atoms with Gasteiger partial charge in [0, 0.05) is 18.5 Å².